The van der Waals surface area contributed by atoms with E-state index in [9.17, 15) is 0 Å². The molecule has 1 N–H and O–H groups in total. The Morgan fingerprint density at radius 2 is 1.72 bits per heavy atom. The van der Waals surface area contributed by atoms with E-state index in [1.54, 1.807) is 0 Å². The van der Waals surface area contributed by atoms with Crippen molar-refractivity contribution < 1.29 is 0 Å². The van der Waals surface area contributed by atoms with E-state index in [0.29, 0.717) is 6.04 Å². The lowest BCUT2D eigenvalue weighted by Gasteiger charge is -2.46. The summed E-state index contributed by atoms with van der Waals surface area (Å²) in [5.41, 5.74) is 0. The smallest absolute Gasteiger partial charge is 0.0247 e. The van der Waals surface area contributed by atoms with Crippen LogP contribution in [-0.4, -0.2) is 36.1 Å². The average molecular weight is 252 g/mol. The van der Waals surface area contributed by atoms with Crippen molar-refractivity contribution in [3.05, 3.63) is 0 Å². The molecule has 2 heteroatoms. The van der Waals surface area contributed by atoms with Crippen LogP contribution in [0.5, 0.6) is 0 Å². The van der Waals surface area contributed by atoms with Gasteiger partial charge in [-0.3, -0.25) is 4.90 Å². The second-order valence-corrected chi connectivity index (χ2v) is 7.30. The van der Waals surface area contributed by atoms with Crippen LogP contribution in [0.25, 0.3) is 0 Å². The van der Waals surface area contributed by atoms with Gasteiger partial charge in [0.15, 0.2) is 0 Å². The van der Waals surface area contributed by atoms with Crippen LogP contribution < -0.4 is 5.32 Å². The standard InChI is InChI=1S/C16H32N2/c1-11(2)15-10-18(13(5)8-14-6-7-14)16(9-17-15)12(3)4/h11-17H,6-10H2,1-5H3. The molecule has 106 valence electrons. The predicted molar refractivity (Wildman–Crippen MR) is 78.8 cm³/mol. The van der Waals surface area contributed by atoms with Gasteiger partial charge in [0, 0.05) is 31.2 Å². The van der Waals surface area contributed by atoms with Gasteiger partial charge in [-0.25, -0.2) is 0 Å². The predicted octanol–water partition coefficient (Wildman–Crippen LogP) is 3.13. The Morgan fingerprint density at radius 3 is 2.22 bits per heavy atom. The number of piperazine rings is 1. The molecule has 3 atom stereocenters. The fourth-order valence-corrected chi connectivity index (χ4v) is 3.36. The van der Waals surface area contributed by atoms with Crippen LogP contribution in [0.1, 0.15) is 53.9 Å². The van der Waals surface area contributed by atoms with Gasteiger partial charge >= 0.3 is 0 Å². The van der Waals surface area contributed by atoms with E-state index in [1.165, 1.54) is 32.4 Å². The van der Waals surface area contributed by atoms with Crippen molar-refractivity contribution in [2.24, 2.45) is 17.8 Å². The molecule has 1 heterocycles. The molecular formula is C16H32N2. The van der Waals surface area contributed by atoms with Gasteiger partial charge in [-0.05, 0) is 31.1 Å². The Kier molecular flexibility index (Phi) is 4.71. The molecule has 1 aliphatic carbocycles. The van der Waals surface area contributed by atoms with Crippen LogP contribution in [-0.2, 0) is 0 Å². The highest BCUT2D eigenvalue weighted by molar-refractivity contribution is 4.92. The zero-order chi connectivity index (χ0) is 13.3. The Labute approximate surface area is 114 Å². The van der Waals surface area contributed by atoms with Crippen LogP contribution >= 0.6 is 0 Å². The highest BCUT2D eigenvalue weighted by Crippen LogP contribution is 2.35. The summed E-state index contributed by atoms with van der Waals surface area (Å²) < 4.78 is 0. The molecule has 2 rings (SSSR count). The fraction of sp³-hybridized carbons (Fsp3) is 1.00. The summed E-state index contributed by atoms with van der Waals surface area (Å²) in [5.74, 6) is 2.54. The summed E-state index contributed by atoms with van der Waals surface area (Å²) in [6.07, 6.45) is 4.39. The number of hydrogen-bond acceptors (Lipinski definition) is 2. The summed E-state index contributed by atoms with van der Waals surface area (Å²) >= 11 is 0. The molecule has 2 fully saturated rings. The molecule has 1 saturated carbocycles. The lowest BCUT2D eigenvalue weighted by molar-refractivity contribution is 0.0466. The minimum atomic E-state index is 0.682. The number of nitrogens with one attached hydrogen (secondary N) is 1. The second kappa shape index (κ2) is 5.92. The molecule has 3 unspecified atom stereocenters. The molecule has 18 heavy (non-hydrogen) atoms. The van der Waals surface area contributed by atoms with E-state index in [4.69, 9.17) is 0 Å². The quantitative estimate of drug-likeness (QED) is 0.809. The van der Waals surface area contributed by atoms with Crippen LogP contribution in [0.4, 0.5) is 0 Å². The Morgan fingerprint density at radius 1 is 1.06 bits per heavy atom. The van der Waals surface area contributed by atoms with E-state index in [0.717, 1.165) is 29.8 Å². The number of hydrogen-bond donors (Lipinski definition) is 1. The van der Waals surface area contributed by atoms with Gasteiger partial charge in [-0.15, -0.1) is 0 Å². The third-order valence-electron chi connectivity index (χ3n) is 4.93. The van der Waals surface area contributed by atoms with Crippen LogP contribution in [0, 0.1) is 17.8 Å². The Balaban J connectivity index is 1.98. The fourth-order valence-electron chi connectivity index (χ4n) is 3.36. The highest BCUT2D eigenvalue weighted by atomic mass is 15.3. The molecule has 0 aromatic carbocycles. The maximum Gasteiger partial charge on any atom is 0.0247 e. The third-order valence-corrected chi connectivity index (χ3v) is 4.93. The first-order chi connectivity index (χ1) is 8.49. The molecule has 0 amide bonds. The highest BCUT2D eigenvalue weighted by Gasteiger charge is 2.35. The van der Waals surface area contributed by atoms with Crippen molar-refractivity contribution in [2.75, 3.05) is 13.1 Å². The van der Waals surface area contributed by atoms with E-state index in [2.05, 4.69) is 44.8 Å². The molecule has 2 nitrogen and oxygen atoms in total. The average Bonchev–Trinajstić information content (AvgIpc) is 3.11. The zero-order valence-electron chi connectivity index (χ0n) is 12.9. The third kappa shape index (κ3) is 3.48. The summed E-state index contributed by atoms with van der Waals surface area (Å²) in [5, 5.41) is 3.76. The molecule has 0 aromatic heterocycles. The van der Waals surface area contributed by atoms with Gasteiger partial charge in [0.05, 0.1) is 0 Å². The van der Waals surface area contributed by atoms with Crippen LogP contribution in [0.3, 0.4) is 0 Å². The van der Waals surface area contributed by atoms with E-state index >= 15 is 0 Å². The van der Waals surface area contributed by atoms with E-state index in [-0.39, 0.29) is 0 Å². The van der Waals surface area contributed by atoms with Crippen molar-refractivity contribution in [1.29, 1.82) is 0 Å². The molecule has 0 bridgehead atoms. The monoisotopic (exact) mass is 252 g/mol. The molecule has 2 aliphatic rings. The molecule has 0 spiro atoms. The summed E-state index contributed by atoms with van der Waals surface area (Å²) in [4.78, 5) is 2.81. The maximum atomic E-state index is 3.76. The van der Waals surface area contributed by atoms with Gasteiger partial charge in [0.1, 0.15) is 0 Å². The first-order valence-corrected chi connectivity index (χ1v) is 7.98. The van der Waals surface area contributed by atoms with Crippen molar-refractivity contribution in [3.63, 3.8) is 0 Å². The minimum absolute atomic E-state index is 0.682. The van der Waals surface area contributed by atoms with Crippen molar-refractivity contribution in [2.45, 2.75) is 72.0 Å². The number of nitrogens with zero attached hydrogens (tertiary/aromatic N) is 1. The maximum absolute atomic E-state index is 3.76. The topological polar surface area (TPSA) is 15.3 Å². The first kappa shape index (κ1) is 14.3. The Bertz CT molecular complexity index is 258. The molecular weight excluding hydrogens is 220 g/mol. The number of rotatable bonds is 5. The largest absolute Gasteiger partial charge is 0.311 e. The van der Waals surface area contributed by atoms with Gasteiger partial charge in [-0.1, -0.05) is 40.5 Å². The van der Waals surface area contributed by atoms with Gasteiger partial charge in [-0.2, -0.15) is 0 Å². The molecule has 1 saturated heterocycles. The second-order valence-electron chi connectivity index (χ2n) is 7.30. The minimum Gasteiger partial charge on any atom is -0.311 e. The lowest BCUT2D eigenvalue weighted by atomic mass is 9.92. The summed E-state index contributed by atoms with van der Waals surface area (Å²) in [6.45, 7) is 14.3. The van der Waals surface area contributed by atoms with Crippen LogP contribution in [0.2, 0.25) is 0 Å². The zero-order valence-corrected chi connectivity index (χ0v) is 12.9. The molecule has 1 aliphatic heterocycles. The van der Waals surface area contributed by atoms with Crippen LogP contribution in [0.15, 0.2) is 0 Å². The SMILES string of the molecule is CC(C)C1CN(C(C)CC2CC2)C(C(C)C)CN1. The normalized spacial score (nSPS) is 32.2. The summed E-state index contributed by atoms with van der Waals surface area (Å²) in [6, 6.07) is 2.18. The Hall–Kier alpha value is -0.0800. The molecule has 0 radical (unpaired) electrons. The lowest BCUT2D eigenvalue weighted by Crippen LogP contribution is -2.61. The van der Waals surface area contributed by atoms with Gasteiger partial charge in [0.25, 0.3) is 0 Å². The van der Waals surface area contributed by atoms with Crippen molar-refractivity contribution >= 4 is 0 Å². The molecule has 0 aromatic rings. The first-order valence-electron chi connectivity index (χ1n) is 7.98. The summed E-state index contributed by atoms with van der Waals surface area (Å²) in [7, 11) is 0. The van der Waals surface area contributed by atoms with Crippen molar-refractivity contribution in [1.82, 2.24) is 10.2 Å². The van der Waals surface area contributed by atoms with Gasteiger partial charge in [0.2, 0.25) is 0 Å². The van der Waals surface area contributed by atoms with E-state index in [1.807, 2.05) is 0 Å². The van der Waals surface area contributed by atoms with Gasteiger partial charge < -0.3 is 5.32 Å². The van der Waals surface area contributed by atoms with Crippen molar-refractivity contribution in [3.8, 4) is 0 Å². The van der Waals surface area contributed by atoms with E-state index < -0.39 is 0 Å².